The van der Waals surface area contributed by atoms with Crippen molar-refractivity contribution >= 4 is 27.5 Å². The second kappa shape index (κ2) is 7.06. The average Bonchev–Trinajstić information content (AvgIpc) is 2.47. The maximum atomic E-state index is 12.1. The van der Waals surface area contributed by atoms with Crippen molar-refractivity contribution in [3.05, 3.63) is 21.0 Å². The third kappa shape index (κ3) is 3.84. The lowest BCUT2D eigenvalue weighted by molar-refractivity contribution is -0.122. The first-order valence-corrected chi connectivity index (χ1v) is 8.13. The summed E-state index contributed by atoms with van der Waals surface area (Å²) in [6.45, 7) is 2.62. The van der Waals surface area contributed by atoms with Gasteiger partial charge in [-0.3, -0.25) is 9.59 Å². The van der Waals surface area contributed by atoms with E-state index >= 15 is 0 Å². The molecule has 1 heterocycles. The molecular weight excluding hydrogens is 336 g/mol. The fourth-order valence-electron chi connectivity index (χ4n) is 2.68. The molecule has 0 radical (unpaired) electrons. The van der Waals surface area contributed by atoms with Gasteiger partial charge in [0.2, 0.25) is 5.91 Å². The maximum absolute atomic E-state index is 12.1. The van der Waals surface area contributed by atoms with Crippen LogP contribution in [0.25, 0.3) is 0 Å². The number of amides is 1. The highest BCUT2D eigenvalue weighted by Crippen LogP contribution is 2.27. The quantitative estimate of drug-likeness (QED) is 0.842. The number of rotatable bonds is 5. The zero-order valence-electron chi connectivity index (χ0n) is 12.1. The van der Waals surface area contributed by atoms with Crippen molar-refractivity contribution in [1.82, 2.24) is 9.78 Å². The molecule has 0 unspecified atom stereocenters. The van der Waals surface area contributed by atoms with Gasteiger partial charge in [0, 0.05) is 18.5 Å². The van der Waals surface area contributed by atoms with Gasteiger partial charge < -0.3 is 11.1 Å². The van der Waals surface area contributed by atoms with Crippen molar-refractivity contribution < 1.29 is 4.79 Å². The van der Waals surface area contributed by atoms with Gasteiger partial charge in [0.25, 0.3) is 5.56 Å². The molecule has 0 aliphatic heterocycles. The zero-order valence-corrected chi connectivity index (χ0v) is 13.7. The van der Waals surface area contributed by atoms with Crippen LogP contribution in [0.3, 0.4) is 0 Å². The molecule has 116 valence electrons. The third-order valence-corrected chi connectivity index (χ3v) is 4.68. The summed E-state index contributed by atoms with van der Waals surface area (Å²) in [6, 6.07) is 0.250. The molecule has 21 heavy (non-hydrogen) atoms. The third-order valence-electron chi connectivity index (χ3n) is 3.91. The number of nitrogens with zero attached hydrogens (tertiary/aromatic N) is 2. The van der Waals surface area contributed by atoms with E-state index < -0.39 is 0 Å². The Balaban J connectivity index is 2.03. The van der Waals surface area contributed by atoms with Crippen LogP contribution in [0.4, 0.5) is 5.69 Å². The van der Waals surface area contributed by atoms with Crippen molar-refractivity contribution in [2.75, 3.05) is 5.32 Å². The van der Waals surface area contributed by atoms with Gasteiger partial charge >= 0.3 is 0 Å². The SMILES string of the molecule is CCCn1ncc(NC2CCC(C(N)=O)CC2)c(Br)c1=O. The molecule has 1 aliphatic rings. The molecule has 1 aliphatic carbocycles. The largest absolute Gasteiger partial charge is 0.380 e. The molecule has 1 amide bonds. The smallest absolute Gasteiger partial charge is 0.283 e. The summed E-state index contributed by atoms with van der Waals surface area (Å²) in [5.74, 6) is -0.222. The van der Waals surface area contributed by atoms with Gasteiger partial charge in [-0.1, -0.05) is 6.92 Å². The topological polar surface area (TPSA) is 90.0 Å². The fraction of sp³-hybridized carbons (Fsp3) is 0.643. The highest BCUT2D eigenvalue weighted by Gasteiger charge is 2.25. The number of anilines is 1. The summed E-state index contributed by atoms with van der Waals surface area (Å²) in [5, 5.41) is 7.52. The first kappa shape index (κ1) is 16.0. The van der Waals surface area contributed by atoms with Crippen molar-refractivity contribution in [2.24, 2.45) is 11.7 Å². The monoisotopic (exact) mass is 356 g/mol. The first-order valence-electron chi connectivity index (χ1n) is 7.34. The molecule has 3 N–H and O–H groups in total. The molecule has 1 aromatic heterocycles. The van der Waals surface area contributed by atoms with Crippen LogP contribution < -0.4 is 16.6 Å². The Kier molecular flexibility index (Phi) is 5.39. The van der Waals surface area contributed by atoms with Crippen molar-refractivity contribution in [1.29, 1.82) is 0 Å². The lowest BCUT2D eigenvalue weighted by Gasteiger charge is -2.28. The highest BCUT2D eigenvalue weighted by molar-refractivity contribution is 9.10. The van der Waals surface area contributed by atoms with E-state index in [0.29, 0.717) is 11.0 Å². The second-order valence-corrected chi connectivity index (χ2v) is 6.29. The van der Waals surface area contributed by atoms with Crippen LogP contribution in [0.15, 0.2) is 15.5 Å². The Morgan fingerprint density at radius 2 is 2.14 bits per heavy atom. The molecule has 0 atom stereocenters. The second-order valence-electron chi connectivity index (χ2n) is 5.50. The minimum atomic E-state index is -0.210. The van der Waals surface area contributed by atoms with E-state index in [0.717, 1.165) is 37.8 Å². The van der Waals surface area contributed by atoms with Crippen LogP contribution in [0, 0.1) is 5.92 Å². The van der Waals surface area contributed by atoms with Gasteiger partial charge in [0.1, 0.15) is 4.47 Å². The predicted octanol–water partition coefficient (Wildman–Crippen LogP) is 1.87. The zero-order chi connectivity index (χ0) is 15.4. The Hall–Kier alpha value is -1.37. The minimum Gasteiger partial charge on any atom is -0.380 e. The van der Waals surface area contributed by atoms with Crippen molar-refractivity contribution in [3.63, 3.8) is 0 Å². The van der Waals surface area contributed by atoms with Gasteiger partial charge in [-0.25, -0.2) is 4.68 Å². The summed E-state index contributed by atoms with van der Waals surface area (Å²) < 4.78 is 1.97. The maximum Gasteiger partial charge on any atom is 0.283 e. The van der Waals surface area contributed by atoms with Crippen LogP contribution in [-0.2, 0) is 11.3 Å². The Morgan fingerprint density at radius 1 is 1.48 bits per heavy atom. The summed E-state index contributed by atoms with van der Waals surface area (Å²) in [6.07, 6.45) is 5.89. The van der Waals surface area contributed by atoms with Gasteiger partial charge in [-0.05, 0) is 48.0 Å². The molecule has 6 nitrogen and oxygen atoms in total. The minimum absolute atomic E-state index is 0.0119. The van der Waals surface area contributed by atoms with E-state index in [1.807, 2.05) is 6.92 Å². The van der Waals surface area contributed by atoms with E-state index in [1.165, 1.54) is 4.68 Å². The van der Waals surface area contributed by atoms with Gasteiger partial charge in [-0.15, -0.1) is 0 Å². The van der Waals surface area contributed by atoms with Crippen molar-refractivity contribution in [2.45, 2.75) is 51.6 Å². The number of hydrogen-bond acceptors (Lipinski definition) is 4. The van der Waals surface area contributed by atoms with Crippen LogP contribution in [-0.4, -0.2) is 21.7 Å². The average molecular weight is 357 g/mol. The molecular formula is C14H21BrN4O2. The number of aryl methyl sites for hydroxylation is 1. The van der Waals surface area contributed by atoms with E-state index in [-0.39, 0.29) is 23.4 Å². The number of primary amides is 1. The molecule has 0 aromatic carbocycles. The van der Waals surface area contributed by atoms with Crippen LogP contribution in [0.2, 0.25) is 0 Å². The van der Waals surface area contributed by atoms with E-state index in [1.54, 1.807) is 6.20 Å². The number of nitrogens with two attached hydrogens (primary N) is 1. The Labute approximate surface area is 132 Å². The number of carbonyl (C=O) groups is 1. The molecule has 0 spiro atoms. The van der Waals surface area contributed by atoms with E-state index in [9.17, 15) is 9.59 Å². The molecule has 2 rings (SSSR count). The summed E-state index contributed by atoms with van der Waals surface area (Å²) in [5.41, 5.74) is 5.93. The van der Waals surface area contributed by atoms with Crippen LogP contribution in [0.1, 0.15) is 39.0 Å². The van der Waals surface area contributed by atoms with E-state index in [4.69, 9.17) is 5.73 Å². The van der Waals surface area contributed by atoms with Crippen LogP contribution >= 0.6 is 15.9 Å². The van der Waals surface area contributed by atoms with Crippen molar-refractivity contribution in [3.8, 4) is 0 Å². The lowest BCUT2D eigenvalue weighted by atomic mass is 9.85. The highest BCUT2D eigenvalue weighted by atomic mass is 79.9. The normalized spacial score (nSPS) is 22.0. The Morgan fingerprint density at radius 3 is 2.71 bits per heavy atom. The fourth-order valence-corrected chi connectivity index (χ4v) is 3.10. The van der Waals surface area contributed by atoms with E-state index in [2.05, 4.69) is 26.3 Å². The van der Waals surface area contributed by atoms with Gasteiger partial charge in [-0.2, -0.15) is 5.10 Å². The summed E-state index contributed by atoms with van der Waals surface area (Å²) in [7, 11) is 0. The number of halogens is 1. The Bertz CT molecular complexity index is 565. The lowest BCUT2D eigenvalue weighted by Crippen LogP contribution is -2.33. The molecule has 0 saturated heterocycles. The summed E-state index contributed by atoms with van der Waals surface area (Å²) >= 11 is 3.35. The molecule has 1 fully saturated rings. The standard InChI is InChI=1S/C14H21BrN4O2/c1-2-7-19-14(21)12(15)11(8-17-19)18-10-5-3-9(4-6-10)13(16)20/h8-10,18H,2-7H2,1H3,(H2,16,20). The number of hydrogen-bond donors (Lipinski definition) is 2. The predicted molar refractivity (Wildman–Crippen MR) is 85.1 cm³/mol. The molecule has 0 bridgehead atoms. The molecule has 1 aromatic rings. The number of carbonyl (C=O) groups excluding carboxylic acids is 1. The summed E-state index contributed by atoms with van der Waals surface area (Å²) in [4.78, 5) is 23.3. The van der Waals surface area contributed by atoms with Crippen LogP contribution in [0.5, 0.6) is 0 Å². The molecule has 7 heteroatoms. The van der Waals surface area contributed by atoms with Gasteiger partial charge in [0.05, 0.1) is 11.9 Å². The molecule has 1 saturated carbocycles. The first-order chi connectivity index (χ1) is 10.0. The number of nitrogens with one attached hydrogen (secondary N) is 1. The van der Waals surface area contributed by atoms with Gasteiger partial charge in [0.15, 0.2) is 0 Å². The number of aromatic nitrogens is 2.